The maximum absolute atomic E-state index is 11.8. The van der Waals surface area contributed by atoms with Crippen LogP contribution in [0.15, 0.2) is 24.3 Å². The molecule has 1 N–H and O–H groups in total. The molecule has 0 aliphatic heterocycles. The molecule has 0 aliphatic rings. The number of hydrogen-bond acceptors (Lipinski definition) is 6. The molecule has 0 saturated carbocycles. The first kappa shape index (κ1) is 18.4. The van der Waals surface area contributed by atoms with Gasteiger partial charge in [0.2, 0.25) is 0 Å². The number of halogens is 1. The van der Waals surface area contributed by atoms with Crippen molar-refractivity contribution in [3.63, 3.8) is 0 Å². The number of carbonyl (C=O) groups excluding carboxylic acids is 2. The number of nitro benzene ring substituents is 1. The van der Waals surface area contributed by atoms with E-state index in [1.54, 1.807) is 13.8 Å². The molecule has 25 heavy (non-hydrogen) atoms. The number of hydrogen-bond donors (Lipinski definition) is 1. The van der Waals surface area contributed by atoms with Crippen LogP contribution in [-0.2, 0) is 20.9 Å². The first-order valence-electron chi connectivity index (χ1n) is 7.16. The van der Waals surface area contributed by atoms with Gasteiger partial charge in [0.15, 0.2) is 6.61 Å². The van der Waals surface area contributed by atoms with E-state index in [2.05, 4.69) is 10.4 Å². The fraction of sp³-hybridized carbons (Fsp3) is 0.267. The minimum Gasteiger partial charge on any atom is -0.454 e. The number of nitrogens with zero attached hydrogens (tertiary/aromatic N) is 3. The van der Waals surface area contributed by atoms with Crippen molar-refractivity contribution >= 4 is 34.9 Å². The number of nitrogens with one attached hydrogen (secondary N) is 1. The Bertz CT molecular complexity index is 833. The second-order valence-corrected chi connectivity index (χ2v) is 5.62. The molecule has 1 heterocycles. The summed E-state index contributed by atoms with van der Waals surface area (Å²) < 4.78 is 6.34. The lowest BCUT2D eigenvalue weighted by molar-refractivity contribution is -0.384. The topological polar surface area (TPSA) is 116 Å². The fourth-order valence-electron chi connectivity index (χ4n) is 2.06. The Morgan fingerprint density at radius 2 is 2.08 bits per heavy atom. The van der Waals surface area contributed by atoms with E-state index in [9.17, 15) is 19.7 Å². The molecule has 0 spiro atoms. The molecular formula is C15H15ClN4O5. The highest BCUT2D eigenvalue weighted by Crippen LogP contribution is 2.26. The Labute approximate surface area is 147 Å². The predicted molar refractivity (Wildman–Crippen MR) is 89.4 cm³/mol. The molecule has 9 nitrogen and oxygen atoms in total. The zero-order valence-electron chi connectivity index (χ0n) is 13.5. The highest BCUT2D eigenvalue weighted by atomic mass is 35.5. The minimum atomic E-state index is -0.663. The third kappa shape index (κ3) is 5.01. The van der Waals surface area contributed by atoms with E-state index in [0.717, 1.165) is 17.5 Å². The van der Waals surface area contributed by atoms with Gasteiger partial charge in [0.05, 0.1) is 21.3 Å². The smallest absolute Gasteiger partial charge is 0.328 e. The molecule has 1 aromatic heterocycles. The van der Waals surface area contributed by atoms with Gasteiger partial charge in [-0.05, 0) is 26.0 Å². The van der Waals surface area contributed by atoms with Crippen molar-refractivity contribution in [2.45, 2.75) is 20.4 Å². The summed E-state index contributed by atoms with van der Waals surface area (Å²) in [6.45, 7) is 2.93. The number of rotatable bonds is 6. The van der Waals surface area contributed by atoms with Crippen LogP contribution < -0.4 is 5.32 Å². The molecular weight excluding hydrogens is 352 g/mol. The molecule has 0 saturated heterocycles. The van der Waals surface area contributed by atoms with E-state index in [-0.39, 0.29) is 22.9 Å². The van der Waals surface area contributed by atoms with Gasteiger partial charge < -0.3 is 10.1 Å². The number of aromatic nitrogens is 2. The summed E-state index contributed by atoms with van der Waals surface area (Å²) in [5, 5.41) is 17.4. The van der Waals surface area contributed by atoms with Crippen molar-refractivity contribution in [1.82, 2.24) is 9.78 Å². The standard InChI is InChI=1S/C15H15ClN4O5/c1-9-5-10(2)19(18-9)7-15(22)25-8-14(21)17-13-6-11(20(23)24)3-4-12(13)16/h3-6H,7-8H2,1-2H3,(H,17,21). The number of amides is 1. The van der Waals surface area contributed by atoms with E-state index >= 15 is 0 Å². The van der Waals surface area contributed by atoms with Crippen LogP contribution in [0.25, 0.3) is 0 Å². The van der Waals surface area contributed by atoms with Crippen molar-refractivity contribution < 1.29 is 19.2 Å². The molecule has 2 aromatic rings. The highest BCUT2D eigenvalue weighted by molar-refractivity contribution is 6.33. The maximum Gasteiger partial charge on any atom is 0.328 e. The number of anilines is 1. The highest BCUT2D eigenvalue weighted by Gasteiger charge is 2.14. The lowest BCUT2D eigenvalue weighted by Gasteiger charge is -2.08. The van der Waals surface area contributed by atoms with Crippen LogP contribution in [0.1, 0.15) is 11.4 Å². The van der Waals surface area contributed by atoms with Crippen molar-refractivity contribution in [3.8, 4) is 0 Å². The van der Waals surface area contributed by atoms with Gasteiger partial charge in [0.1, 0.15) is 6.54 Å². The lowest BCUT2D eigenvalue weighted by Crippen LogP contribution is -2.23. The van der Waals surface area contributed by atoms with Crippen molar-refractivity contribution in [1.29, 1.82) is 0 Å². The molecule has 0 atom stereocenters. The van der Waals surface area contributed by atoms with E-state index in [4.69, 9.17) is 16.3 Å². The third-order valence-corrected chi connectivity index (χ3v) is 3.51. The van der Waals surface area contributed by atoms with Gasteiger partial charge in [0, 0.05) is 17.8 Å². The number of non-ortho nitro benzene ring substituents is 1. The number of benzene rings is 1. The summed E-state index contributed by atoms with van der Waals surface area (Å²) in [7, 11) is 0. The minimum absolute atomic E-state index is 0.0652. The summed E-state index contributed by atoms with van der Waals surface area (Å²) in [4.78, 5) is 33.7. The number of carbonyl (C=O) groups is 2. The van der Waals surface area contributed by atoms with Crippen LogP contribution >= 0.6 is 11.6 Å². The normalized spacial score (nSPS) is 10.4. The summed E-state index contributed by atoms with van der Waals surface area (Å²) in [5.41, 5.74) is 1.40. The van der Waals surface area contributed by atoms with Crippen LogP contribution in [0.5, 0.6) is 0 Å². The largest absolute Gasteiger partial charge is 0.454 e. The molecule has 0 fully saturated rings. The maximum atomic E-state index is 11.8. The summed E-state index contributed by atoms with van der Waals surface area (Å²) in [6, 6.07) is 5.44. The number of nitro groups is 1. The molecule has 10 heteroatoms. The Morgan fingerprint density at radius 3 is 2.68 bits per heavy atom. The Balaban J connectivity index is 1.90. The first-order valence-corrected chi connectivity index (χ1v) is 7.54. The van der Waals surface area contributed by atoms with E-state index in [1.807, 2.05) is 6.07 Å². The van der Waals surface area contributed by atoms with E-state index in [0.29, 0.717) is 0 Å². The average molecular weight is 367 g/mol. The molecule has 0 aliphatic carbocycles. The third-order valence-electron chi connectivity index (χ3n) is 3.18. The summed E-state index contributed by atoms with van der Waals surface area (Å²) >= 11 is 5.88. The second-order valence-electron chi connectivity index (χ2n) is 5.21. The van der Waals surface area contributed by atoms with E-state index in [1.165, 1.54) is 16.8 Å². The lowest BCUT2D eigenvalue weighted by atomic mass is 10.3. The van der Waals surface area contributed by atoms with Crippen LogP contribution in [0.4, 0.5) is 11.4 Å². The molecule has 0 radical (unpaired) electrons. The summed E-state index contributed by atoms with van der Waals surface area (Å²) in [5.74, 6) is -1.30. The molecule has 132 valence electrons. The van der Waals surface area contributed by atoms with Gasteiger partial charge >= 0.3 is 5.97 Å². The monoisotopic (exact) mass is 366 g/mol. The van der Waals surface area contributed by atoms with Crippen molar-refractivity contribution in [3.05, 3.63) is 50.8 Å². The number of ether oxygens (including phenoxy) is 1. The first-order chi connectivity index (χ1) is 11.8. The van der Waals surface area contributed by atoms with Gasteiger partial charge in [-0.15, -0.1) is 0 Å². The molecule has 0 bridgehead atoms. The molecule has 0 unspecified atom stereocenters. The SMILES string of the molecule is Cc1cc(C)n(CC(=O)OCC(=O)Nc2cc([N+](=O)[O-])ccc2Cl)n1. The Morgan fingerprint density at radius 1 is 1.36 bits per heavy atom. The van der Waals surface area contributed by atoms with Gasteiger partial charge in [-0.2, -0.15) is 5.10 Å². The van der Waals surface area contributed by atoms with Gasteiger partial charge in [-0.25, -0.2) is 0 Å². The Hall–Kier alpha value is -2.94. The van der Waals surface area contributed by atoms with Crippen molar-refractivity contribution in [2.75, 3.05) is 11.9 Å². The second kappa shape index (κ2) is 7.75. The van der Waals surface area contributed by atoms with Crippen LogP contribution in [0, 0.1) is 24.0 Å². The molecule has 1 amide bonds. The fourth-order valence-corrected chi connectivity index (χ4v) is 2.22. The molecule has 1 aromatic carbocycles. The van der Waals surface area contributed by atoms with Gasteiger partial charge in [-0.1, -0.05) is 11.6 Å². The zero-order valence-corrected chi connectivity index (χ0v) is 14.2. The Kier molecular flexibility index (Phi) is 5.71. The van der Waals surface area contributed by atoms with Crippen LogP contribution in [0.2, 0.25) is 5.02 Å². The predicted octanol–water partition coefficient (Wildman–Crippen LogP) is 2.24. The van der Waals surface area contributed by atoms with Crippen LogP contribution in [-0.4, -0.2) is 33.2 Å². The van der Waals surface area contributed by atoms with Gasteiger partial charge in [-0.3, -0.25) is 24.4 Å². The van der Waals surface area contributed by atoms with Gasteiger partial charge in [0.25, 0.3) is 11.6 Å². The van der Waals surface area contributed by atoms with Crippen molar-refractivity contribution in [2.24, 2.45) is 0 Å². The van der Waals surface area contributed by atoms with E-state index < -0.39 is 23.4 Å². The zero-order chi connectivity index (χ0) is 18.6. The summed E-state index contributed by atoms with van der Waals surface area (Å²) in [6.07, 6.45) is 0. The molecule has 2 rings (SSSR count). The van der Waals surface area contributed by atoms with Crippen LogP contribution in [0.3, 0.4) is 0 Å². The number of esters is 1. The average Bonchev–Trinajstić information content (AvgIpc) is 2.84. The number of aryl methyl sites for hydroxylation is 2. The quantitative estimate of drug-likeness (QED) is 0.476.